The lowest BCUT2D eigenvalue weighted by Crippen LogP contribution is -2.11. The van der Waals surface area contributed by atoms with E-state index in [1.54, 1.807) is 6.33 Å². The second-order valence-corrected chi connectivity index (χ2v) is 7.08. The average molecular weight is 341 g/mol. The van der Waals surface area contributed by atoms with Gasteiger partial charge in [-0.2, -0.15) is 5.26 Å². The van der Waals surface area contributed by atoms with E-state index in [2.05, 4.69) is 43.8 Å². The summed E-state index contributed by atoms with van der Waals surface area (Å²) in [5.41, 5.74) is 6.59. The summed E-state index contributed by atoms with van der Waals surface area (Å²) in [6, 6.07) is 12.9. The zero-order chi connectivity index (χ0) is 17.5. The third kappa shape index (κ3) is 2.38. The highest BCUT2D eigenvalue weighted by Crippen LogP contribution is 2.33. The number of fused-ring (bicyclic) bond motifs is 2. The van der Waals surface area contributed by atoms with E-state index in [0.29, 0.717) is 11.6 Å². The zero-order valence-corrected chi connectivity index (χ0v) is 14.4. The van der Waals surface area contributed by atoms with Crippen LogP contribution >= 0.6 is 0 Å². The van der Waals surface area contributed by atoms with Crippen molar-refractivity contribution in [1.82, 2.24) is 19.5 Å². The van der Waals surface area contributed by atoms with Crippen molar-refractivity contribution in [3.8, 4) is 17.2 Å². The molecule has 5 rings (SSSR count). The Kier molecular flexibility index (Phi) is 3.49. The average Bonchev–Trinajstić information content (AvgIpc) is 3.34. The maximum absolute atomic E-state index is 9.33. The van der Waals surface area contributed by atoms with E-state index in [-0.39, 0.29) is 0 Å². The molecule has 26 heavy (non-hydrogen) atoms. The van der Waals surface area contributed by atoms with E-state index >= 15 is 0 Å². The van der Waals surface area contributed by atoms with Gasteiger partial charge in [0.1, 0.15) is 0 Å². The number of nitrogens with zero attached hydrogens (tertiary/aromatic N) is 4. The SMILES string of the molecule is N#Cc1cc(-c2ccc3c(c2)ncn3C2CCCCC2)c2nc[nH]c2c1. The standard InChI is InChI=1S/C21H19N5/c22-11-14-8-17(21-19(9-14)23-12-24-21)15-6-7-20-18(10-15)25-13-26(20)16-4-2-1-3-5-16/h6-10,12-13,16H,1-5H2,(H,23,24). The number of hydrogen-bond acceptors (Lipinski definition) is 3. The lowest BCUT2D eigenvalue weighted by molar-refractivity contribution is 0.359. The summed E-state index contributed by atoms with van der Waals surface area (Å²) in [7, 11) is 0. The third-order valence-corrected chi connectivity index (χ3v) is 5.51. The molecular formula is C21H19N5. The molecule has 0 unspecified atom stereocenters. The Morgan fingerprint density at radius 1 is 1.08 bits per heavy atom. The molecule has 1 N–H and O–H groups in total. The summed E-state index contributed by atoms with van der Waals surface area (Å²) < 4.78 is 2.34. The first-order chi connectivity index (χ1) is 12.8. The number of imidazole rings is 2. The summed E-state index contributed by atoms with van der Waals surface area (Å²) in [5, 5.41) is 9.33. The summed E-state index contributed by atoms with van der Waals surface area (Å²) in [6.45, 7) is 0. The Balaban J connectivity index is 1.63. The fraction of sp³-hybridized carbons (Fsp3) is 0.286. The molecule has 2 aromatic heterocycles. The molecule has 0 saturated heterocycles. The molecule has 0 bridgehead atoms. The molecule has 1 aliphatic rings. The molecule has 0 atom stereocenters. The Hall–Kier alpha value is -3.13. The van der Waals surface area contributed by atoms with Crippen LogP contribution in [0.1, 0.15) is 43.7 Å². The molecule has 128 valence electrons. The van der Waals surface area contributed by atoms with Gasteiger partial charge in [-0.1, -0.05) is 25.3 Å². The number of aromatic amines is 1. The summed E-state index contributed by atoms with van der Waals surface area (Å²) >= 11 is 0. The number of H-pyrrole nitrogens is 1. The first-order valence-corrected chi connectivity index (χ1v) is 9.18. The molecule has 0 aliphatic heterocycles. The van der Waals surface area contributed by atoms with Gasteiger partial charge in [-0.3, -0.25) is 0 Å². The summed E-state index contributed by atoms with van der Waals surface area (Å²) in [6.07, 6.45) is 10.1. The van der Waals surface area contributed by atoms with Crippen LogP contribution in [0.15, 0.2) is 43.0 Å². The minimum atomic E-state index is 0.569. The van der Waals surface area contributed by atoms with Gasteiger partial charge in [0.05, 0.1) is 46.4 Å². The largest absolute Gasteiger partial charge is 0.345 e. The van der Waals surface area contributed by atoms with Crippen LogP contribution < -0.4 is 0 Å². The highest BCUT2D eigenvalue weighted by Gasteiger charge is 2.18. The first-order valence-electron chi connectivity index (χ1n) is 9.18. The van der Waals surface area contributed by atoms with Crippen molar-refractivity contribution in [3.05, 3.63) is 48.5 Å². The molecule has 0 amide bonds. The van der Waals surface area contributed by atoms with Crippen LogP contribution in [0.2, 0.25) is 0 Å². The molecule has 5 heteroatoms. The molecule has 1 aliphatic carbocycles. The van der Waals surface area contributed by atoms with Crippen molar-refractivity contribution in [2.24, 2.45) is 0 Å². The van der Waals surface area contributed by atoms with Gasteiger partial charge in [0, 0.05) is 11.6 Å². The van der Waals surface area contributed by atoms with Gasteiger partial charge < -0.3 is 9.55 Å². The van der Waals surface area contributed by atoms with Crippen LogP contribution in [0, 0.1) is 11.3 Å². The Labute approximate surface area is 151 Å². The monoisotopic (exact) mass is 341 g/mol. The van der Waals surface area contributed by atoms with Crippen molar-refractivity contribution in [2.45, 2.75) is 38.1 Å². The maximum Gasteiger partial charge on any atom is 0.0992 e. The molecule has 0 radical (unpaired) electrons. The van der Waals surface area contributed by atoms with Crippen molar-refractivity contribution >= 4 is 22.1 Å². The Morgan fingerprint density at radius 2 is 1.96 bits per heavy atom. The van der Waals surface area contributed by atoms with Crippen LogP contribution in [-0.4, -0.2) is 19.5 Å². The molecular weight excluding hydrogens is 322 g/mol. The zero-order valence-electron chi connectivity index (χ0n) is 14.4. The molecule has 0 spiro atoms. The number of hydrogen-bond donors (Lipinski definition) is 1. The van der Waals surface area contributed by atoms with Gasteiger partial charge in [-0.05, 0) is 42.7 Å². The first kappa shape index (κ1) is 15.2. The number of aromatic nitrogens is 4. The second-order valence-electron chi connectivity index (χ2n) is 7.08. The predicted molar refractivity (Wildman–Crippen MR) is 102 cm³/mol. The van der Waals surface area contributed by atoms with Gasteiger partial charge in [-0.15, -0.1) is 0 Å². The van der Waals surface area contributed by atoms with Gasteiger partial charge in [0.15, 0.2) is 0 Å². The van der Waals surface area contributed by atoms with Gasteiger partial charge in [0.2, 0.25) is 0 Å². The highest BCUT2D eigenvalue weighted by atomic mass is 15.1. The fourth-order valence-electron chi connectivity index (χ4n) is 4.18. The minimum absolute atomic E-state index is 0.569. The lowest BCUT2D eigenvalue weighted by Gasteiger charge is -2.23. The molecule has 5 nitrogen and oxygen atoms in total. The molecule has 2 heterocycles. The van der Waals surface area contributed by atoms with Crippen LogP contribution in [0.3, 0.4) is 0 Å². The van der Waals surface area contributed by atoms with Crippen LogP contribution in [0.25, 0.3) is 33.2 Å². The van der Waals surface area contributed by atoms with Gasteiger partial charge >= 0.3 is 0 Å². The van der Waals surface area contributed by atoms with Crippen molar-refractivity contribution < 1.29 is 0 Å². The fourth-order valence-corrected chi connectivity index (χ4v) is 4.18. The van der Waals surface area contributed by atoms with E-state index in [9.17, 15) is 5.26 Å². The third-order valence-electron chi connectivity index (χ3n) is 5.51. The number of rotatable bonds is 2. The smallest absolute Gasteiger partial charge is 0.0992 e. The van der Waals surface area contributed by atoms with Gasteiger partial charge in [-0.25, -0.2) is 9.97 Å². The van der Waals surface area contributed by atoms with Crippen molar-refractivity contribution in [3.63, 3.8) is 0 Å². The van der Waals surface area contributed by atoms with Crippen LogP contribution in [0.5, 0.6) is 0 Å². The van der Waals surface area contributed by atoms with Crippen molar-refractivity contribution in [2.75, 3.05) is 0 Å². The van der Waals surface area contributed by atoms with Crippen LogP contribution in [0.4, 0.5) is 0 Å². The minimum Gasteiger partial charge on any atom is -0.345 e. The topological polar surface area (TPSA) is 70.3 Å². The molecule has 1 saturated carbocycles. The quantitative estimate of drug-likeness (QED) is 0.560. The number of nitrogens with one attached hydrogen (secondary N) is 1. The predicted octanol–water partition coefficient (Wildman–Crippen LogP) is 4.96. The lowest BCUT2D eigenvalue weighted by atomic mass is 9.95. The Morgan fingerprint density at radius 3 is 2.81 bits per heavy atom. The van der Waals surface area contributed by atoms with E-state index in [4.69, 9.17) is 0 Å². The second kappa shape index (κ2) is 5.99. The van der Waals surface area contributed by atoms with E-state index < -0.39 is 0 Å². The molecule has 1 fully saturated rings. The van der Waals surface area contributed by atoms with E-state index in [0.717, 1.165) is 27.7 Å². The Bertz CT molecular complexity index is 1140. The number of benzene rings is 2. The normalized spacial score (nSPS) is 15.5. The van der Waals surface area contributed by atoms with Crippen LogP contribution in [-0.2, 0) is 0 Å². The summed E-state index contributed by atoms with van der Waals surface area (Å²) in [5.74, 6) is 0. The summed E-state index contributed by atoms with van der Waals surface area (Å²) in [4.78, 5) is 12.2. The maximum atomic E-state index is 9.33. The van der Waals surface area contributed by atoms with E-state index in [1.165, 1.54) is 37.6 Å². The van der Waals surface area contributed by atoms with E-state index in [1.807, 2.05) is 18.5 Å². The number of nitriles is 1. The highest BCUT2D eigenvalue weighted by molar-refractivity contribution is 5.95. The molecule has 2 aromatic carbocycles. The van der Waals surface area contributed by atoms with Crippen molar-refractivity contribution in [1.29, 1.82) is 5.26 Å². The molecule has 4 aromatic rings. The van der Waals surface area contributed by atoms with Gasteiger partial charge in [0.25, 0.3) is 0 Å².